The summed E-state index contributed by atoms with van der Waals surface area (Å²) in [6, 6.07) is 11.0. The number of benzene rings is 1. The zero-order valence-corrected chi connectivity index (χ0v) is 11.3. The van der Waals surface area contributed by atoms with E-state index in [-0.39, 0.29) is 0 Å². The second-order valence-corrected chi connectivity index (χ2v) is 5.62. The van der Waals surface area contributed by atoms with Gasteiger partial charge in [-0.3, -0.25) is 4.48 Å². The number of H-pyrrole nitrogens is 1. The predicted molar refractivity (Wildman–Crippen MR) is 78.8 cm³/mol. The Hall–Kier alpha value is -1.28. The first kappa shape index (κ1) is 11.8. The van der Waals surface area contributed by atoms with Crippen molar-refractivity contribution in [2.75, 3.05) is 19.6 Å². The number of para-hydroxylation sites is 1. The molecule has 2 heteroatoms. The minimum absolute atomic E-state index is 1.18. The number of nitrogens with one attached hydrogen (secondary N) is 1. The number of hydrogen-bond donors (Lipinski definition) is 1. The summed E-state index contributed by atoms with van der Waals surface area (Å²) in [7, 11) is 0. The zero-order chi connectivity index (χ0) is 12.4. The Kier molecular flexibility index (Phi) is 3.13. The Morgan fingerprint density at radius 3 is 2.67 bits per heavy atom. The third-order valence-corrected chi connectivity index (χ3v) is 4.39. The van der Waals surface area contributed by atoms with Crippen molar-refractivity contribution in [2.45, 2.75) is 32.6 Å². The van der Waals surface area contributed by atoms with E-state index in [4.69, 9.17) is 0 Å². The predicted octanol–water partition coefficient (Wildman–Crippen LogP) is 4.07. The molecule has 3 rings (SSSR count). The highest BCUT2D eigenvalue weighted by Gasteiger charge is 2.35. The summed E-state index contributed by atoms with van der Waals surface area (Å²) in [6.07, 6.45) is 5.37. The molecule has 1 aromatic carbocycles. The lowest BCUT2D eigenvalue weighted by Gasteiger charge is -2.32. The van der Waals surface area contributed by atoms with Crippen LogP contribution >= 0.6 is 0 Å². The minimum Gasteiger partial charge on any atom is -0.310 e. The zero-order valence-electron chi connectivity index (χ0n) is 11.3. The monoisotopic (exact) mass is 243 g/mol. The van der Waals surface area contributed by atoms with E-state index < -0.39 is 0 Å². The highest BCUT2D eigenvalue weighted by Crippen LogP contribution is 2.32. The first-order chi connectivity index (χ1) is 8.84. The lowest BCUT2D eigenvalue weighted by atomic mass is 10.2. The van der Waals surface area contributed by atoms with Crippen LogP contribution in [-0.2, 0) is 0 Å². The van der Waals surface area contributed by atoms with Crippen molar-refractivity contribution in [3.63, 3.8) is 0 Å². The molecule has 0 amide bonds. The standard InChI is InChI=1S/C16H23N2/c1-2-3-10-18(11-6-7-12-18)16-13-14-8-4-5-9-15(14)17-16/h4-5,8-9,13,17H,2-3,6-7,10-12H2,1H3/q+1. The molecule has 1 N–H and O–H groups in total. The van der Waals surface area contributed by atoms with Crippen LogP contribution in [0.1, 0.15) is 32.6 Å². The molecule has 2 aromatic rings. The van der Waals surface area contributed by atoms with Crippen LogP contribution in [0.25, 0.3) is 10.9 Å². The number of unbranched alkanes of at least 4 members (excludes halogenated alkanes) is 1. The van der Waals surface area contributed by atoms with Crippen LogP contribution in [0.3, 0.4) is 0 Å². The molecule has 2 heterocycles. The van der Waals surface area contributed by atoms with Crippen LogP contribution in [0.15, 0.2) is 30.3 Å². The van der Waals surface area contributed by atoms with Gasteiger partial charge in [-0.25, -0.2) is 0 Å². The van der Waals surface area contributed by atoms with Gasteiger partial charge in [-0.15, -0.1) is 0 Å². The van der Waals surface area contributed by atoms with Gasteiger partial charge in [-0.2, -0.15) is 0 Å². The molecular formula is C16H23N2+. The number of fused-ring (bicyclic) bond motifs is 1. The summed E-state index contributed by atoms with van der Waals surface area (Å²) >= 11 is 0. The molecule has 96 valence electrons. The summed E-state index contributed by atoms with van der Waals surface area (Å²) in [5.74, 6) is 1.43. The molecule has 0 saturated carbocycles. The van der Waals surface area contributed by atoms with Gasteiger partial charge in [0.15, 0.2) is 0 Å². The normalized spacial score (nSPS) is 18.5. The Labute approximate surface area is 109 Å². The maximum absolute atomic E-state index is 3.66. The highest BCUT2D eigenvalue weighted by atomic mass is 15.4. The Balaban J connectivity index is 1.98. The number of aromatic nitrogens is 1. The Morgan fingerprint density at radius 2 is 1.94 bits per heavy atom. The van der Waals surface area contributed by atoms with Crippen molar-refractivity contribution in [2.24, 2.45) is 0 Å². The molecule has 0 radical (unpaired) electrons. The summed E-state index contributed by atoms with van der Waals surface area (Å²) in [6.45, 7) is 6.21. The molecule has 1 fully saturated rings. The second kappa shape index (κ2) is 4.77. The van der Waals surface area contributed by atoms with E-state index in [1.165, 1.54) is 66.5 Å². The summed E-state index contributed by atoms with van der Waals surface area (Å²) in [5.41, 5.74) is 1.29. The lowest BCUT2D eigenvalue weighted by Crippen LogP contribution is -2.47. The quantitative estimate of drug-likeness (QED) is 0.779. The van der Waals surface area contributed by atoms with Gasteiger partial charge in [0.1, 0.15) is 0 Å². The molecule has 0 atom stereocenters. The molecule has 1 aliphatic heterocycles. The topological polar surface area (TPSA) is 15.8 Å². The maximum atomic E-state index is 3.66. The maximum Gasteiger partial charge on any atom is 0.206 e. The van der Waals surface area contributed by atoms with E-state index in [1.54, 1.807) is 0 Å². The van der Waals surface area contributed by atoms with Crippen LogP contribution in [0.5, 0.6) is 0 Å². The van der Waals surface area contributed by atoms with Gasteiger partial charge >= 0.3 is 0 Å². The largest absolute Gasteiger partial charge is 0.310 e. The van der Waals surface area contributed by atoms with Gasteiger partial charge < -0.3 is 4.98 Å². The molecule has 0 unspecified atom stereocenters. The van der Waals surface area contributed by atoms with Crippen molar-refractivity contribution in [1.29, 1.82) is 0 Å². The van der Waals surface area contributed by atoms with E-state index in [0.29, 0.717) is 0 Å². The lowest BCUT2D eigenvalue weighted by molar-refractivity contribution is 0.320. The van der Waals surface area contributed by atoms with Gasteiger partial charge in [0.25, 0.3) is 0 Å². The molecule has 2 nitrogen and oxygen atoms in total. The van der Waals surface area contributed by atoms with Crippen molar-refractivity contribution >= 4 is 16.7 Å². The van der Waals surface area contributed by atoms with Gasteiger partial charge in [-0.05, 0) is 12.5 Å². The van der Waals surface area contributed by atoms with Gasteiger partial charge in [0, 0.05) is 24.3 Å². The fourth-order valence-corrected chi connectivity index (χ4v) is 3.30. The van der Waals surface area contributed by atoms with Crippen molar-refractivity contribution in [3.05, 3.63) is 30.3 Å². The first-order valence-electron chi connectivity index (χ1n) is 7.28. The molecular weight excluding hydrogens is 220 g/mol. The highest BCUT2D eigenvalue weighted by molar-refractivity contribution is 5.83. The summed E-state index contributed by atoms with van der Waals surface area (Å²) in [5, 5.41) is 1.35. The number of rotatable bonds is 4. The van der Waals surface area contributed by atoms with Crippen molar-refractivity contribution in [3.8, 4) is 0 Å². The van der Waals surface area contributed by atoms with E-state index in [2.05, 4.69) is 42.2 Å². The molecule has 1 aliphatic rings. The fourth-order valence-electron chi connectivity index (χ4n) is 3.30. The van der Waals surface area contributed by atoms with Crippen LogP contribution in [0, 0.1) is 0 Å². The second-order valence-electron chi connectivity index (χ2n) is 5.62. The van der Waals surface area contributed by atoms with Crippen molar-refractivity contribution < 1.29 is 0 Å². The number of hydrogen-bond acceptors (Lipinski definition) is 0. The first-order valence-corrected chi connectivity index (χ1v) is 7.28. The third-order valence-electron chi connectivity index (χ3n) is 4.39. The summed E-state index contributed by atoms with van der Waals surface area (Å²) < 4.78 is 1.18. The van der Waals surface area contributed by atoms with E-state index in [1.807, 2.05) is 0 Å². The minimum atomic E-state index is 1.18. The average molecular weight is 243 g/mol. The molecule has 18 heavy (non-hydrogen) atoms. The van der Waals surface area contributed by atoms with E-state index in [9.17, 15) is 0 Å². The molecule has 0 spiro atoms. The van der Waals surface area contributed by atoms with Crippen LogP contribution in [0.4, 0.5) is 5.82 Å². The molecule has 0 bridgehead atoms. The average Bonchev–Trinajstić information content (AvgIpc) is 3.03. The third kappa shape index (κ3) is 1.95. The van der Waals surface area contributed by atoms with Gasteiger partial charge in [0.2, 0.25) is 5.82 Å². The van der Waals surface area contributed by atoms with E-state index >= 15 is 0 Å². The smallest absolute Gasteiger partial charge is 0.206 e. The fraction of sp³-hybridized carbons (Fsp3) is 0.500. The van der Waals surface area contributed by atoms with Crippen LogP contribution in [-0.4, -0.2) is 24.6 Å². The molecule has 0 aliphatic carbocycles. The Bertz CT molecular complexity index is 488. The number of aromatic amines is 1. The SMILES string of the molecule is CCCC[N+]1(c2cc3ccccc3[nH]2)CCCC1. The Morgan fingerprint density at radius 1 is 1.17 bits per heavy atom. The van der Waals surface area contributed by atoms with Crippen LogP contribution < -0.4 is 4.48 Å². The molecule has 1 saturated heterocycles. The number of likely N-dealkylation sites (tertiary alicyclic amines) is 1. The summed E-state index contributed by atoms with van der Waals surface area (Å²) in [4.78, 5) is 3.66. The van der Waals surface area contributed by atoms with Gasteiger partial charge in [-0.1, -0.05) is 31.5 Å². The molecule has 1 aromatic heterocycles. The van der Waals surface area contributed by atoms with Crippen LogP contribution in [0.2, 0.25) is 0 Å². The van der Waals surface area contributed by atoms with E-state index in [0.717, 1.165) is 0 Å². The number of quaternary nitrogens is 1. The van der Waals surface area contributed by atoms with Gasteiger partial charge in [0.05, 0.1) is 25.2 Å². The van der Waals surface area contributed by atoms with Crippen molar-refractivity contribution in [1.82, 2.24) is 9.47 Å². The number of nitrogens with zero attached hydrogens (tertiary/aromatic N) is 1.